The van der Waals surface area contributed by atoms with E-state index >= 15 is 0 Å². The Morgan fingerprint density at radius 2 is 1.05 bits per heavy atom. The van der Waals surface area contributed by atoms with Crippen molar-refractivity contribution in [3.05, 3.63) is 113 Å². The van der Waals surface area contributed by atoms with E-state index in [1.807, 2.05) is 36.4 Å². The normalized spacial score (nSPS) is 12.3. The van der Waals surface area contributed by atoms with Crippen LogP contribution in [0.1, 0.15) is 11.1 Å². The Bertz CT molecular complexity index is 2440. The molecule has 0 saturated heterocycles. The van der Waals surface area contributed by atoms with Gasteiger partial charge in [0.15, 0.2) is 23.0 Å². The highest BCUT2D eigenvalue weighted by atomic mass is 35.5. The fourth-order valence-electron chi connectivity index (χ4n) is 5.39. The first-order chi connectivity index (χ1) is 29.4. The van der Waals surface area contributed by atoms with Gasteiger partial charge >= 0.3 is 19.8 Å². The Morgan fingerprint density at radius 3 is 1.52 bits per heavy atom. The lowest BCUT2D eigenvalue weighted by Crippen LogP contribution is -2.29. The zero-order valence-electron chi connectivity index (χ0n) is 31.6. The van der Waals surface area contributed by atoms with Gasteiger partial charge in [-0.3, -0.25) is 0 Å². The summed E-state index contributed by atoms with van der Waals surface area (Å²) >= 11 is 5.80. The number of rotatable bonds is 10. The van der Waals surface area contributed by atoms with E-state index in [-0.39, 0.29) is 36.7 Å². The van der Waals surface area contributed by atoms with Crippen molar-refractivity contribution in [1.29, 1.82) is 0 Å². The zero-order valence-corrected chi connectivity index (χ0v) is 32.3. The number of aromatic nitrogens is 4. The molecule has 8 rings (SSSR count). The highest BCUT2D eigenvalue weighted by Gasteiger charge is 2.32. The number of ether oxygens (including phenoxy) is 6. The van der Waals surface area contributed by atoms with Crippen LogP contribution in [-0.2, 0) is 13.1 Å². The predicted molar refractivity (Wildman–Crippen MR) is 213 cm³/mol. The summed E-state index contributed by atoms with van der Waals surface area (Å²) < 4.78 is 101. The third kappa shape index (κ3) is 13.5. The maximum Gasteiger partial charge on any atom is 0.573 e. The maximum absolute atomic E-state index is 12.3. The lowest BCUT2D eigenvalue weighted by molar-refractivity contribution is -0.275. The number of hydrogen-bond acceptors (Lipinski definition) is 16. The molecule has 0 fully saturated rings. The second-order valence-electron chi connectivity index (χ2n) is 12.6. The van der Waals surface area contributed by atoms with Gasteiger partial charge < -0.3 is 60.6 Å². The number of hydrogen-bond donors (Lipinski definition) is 6. The number of nitrogen functional groups attached to an aromatic ring is 2. The Labute approximate surface area is 352 Å². The molecule has 0 radical (unpaired) electrons. The van der Waals surface area contributed by atoms with Crippen LogP contribution in [0.25, 0.3) is 11.3 Å². The van der Waals surface area contributed by atoms with Gasteiger partial charge in [-0.15, -0.1) is 26.3 Å². The molecule has 0 amide bonds. The van der Waals surface area contributed by atoms with Crippen molar-refractivity contribution < 1.29 is 64.8 Å². The van der Waals surface area contributed by atoms with Crippen LogP contribution < -0.4 is 56.0 Å². The molecule has 0 spiro atoms. The monoisotopic (exact) mass is 888 g/mol. The number of anilines is 4. The van der Waals surface area contributed by atoms with Gasteiger partial charge in [0, 0.05) is 30.8 Å². The Morgan fingerprint density at radius 1 is 0.597 bits per heavy atom. The standard InChI is InChI=1S/C19H15F3N4O3.C12H11ClN4O2.C7H6BF3O3/c20-19(21,22)29-13-4-2-12(3-5-13)14-8-17(26-18(23)25-14)24-9-11-1-6-15-16(7-11)28-10-27-15;13-10-4-11(17-12(14)16-10)15-5-7-1-2-8-9(3-7)19-6-18-8;9-7(10,11)14-6-3-1-5(2-4-6)8(12)13/h1-8H,9-10H2,(H3,23,24,25,26);1-4H,5-6H2,(H3,14,15,16,17);1-4,12-13H. The smallest absolute Gasteiger partial charge is 0.454 e. The van der Waals surface area contributed by atoms with Crippen molar-refractivity contribution in [2.24, 2.45) is 0 Å². The summed E-state index contributed by atoms with van der Waals surface area (Å²) in [6.45, 7) is 1.49. The zero-order chi connectivity index (χ0) is 44.4. The van der Waals surface area contributed by atoms with Crippen LogP contribution in [0.4, 0.5) is 49.9 Å². The summed E-state index contributed by atoms with van der Waals surface area (Å²) in [5, 5.41) is 23.9. The number of benzene rings is 4. The second-order valence-corrected chi connectivity index (χ2v) is 13.0. The Hall–Kier alpha value is -7.11. The van der Waals surface area contributed by atoms with E-state index in [2.05, 4.69) is 40.0 Å². The third-order valence-corrected chi connectivity index (χ3v) is 8.27. The maximum atomic E-state index is 12.3. The van der Waals surface area contributed by atoms with Crippen LogP contribution in [0.15, 0.2) is 97.1 Å². The summed E-state index contributed by atoms with van der Waals surface area (Å²) in [4.78, 5) is 16.1. The minimum atomic E-state index is -4.74. The molecule has 4 aromatic carbocycles. The molecular formula is C38H32BClF6N8O8. The van der Waals surface area contributed by atoms with Crippen LogP contribution in [0.5, 0.6) is 34.5 Å². The fourth-order valence-corrected chi connectivity index (χ4v) is 5.58. The van der Waals surface area contributed by atoms with Crippen molar-refractivity contribution in [3.8, 4) is 45.8 Å². The van der Waals surface area contributed by atoms with E-state index in [9.17, 15) is 26.3 Å². The number of alkyl halides is 6. The SMILES string of the molecule is Nc1nc(Cl)cc(NCc2ccc3c(c2)OCO3)n1.Nc1nc(NCc2ccc3c(c2)OCO3)cc(-c2ccc(OC(F)(F)F)cc2)n1.OB(O)c1ccc(OC(F)(F)F)cc1. The molecule has 2 aliphatic heterocycles. The highest BCUT2D eigenvalue weighted by Crippen LogP contribution is 2.34. The van der Waals surface area contributed by atoms with Crippen LogP contribution in [-0.4, -0.2) is 63.4 Å². The van der Waals surface area contributed by atoms with Crippen LogP contribution in [0.2, 0.25) is 5.15 Å². The predicted octanol–water partition coefficient (Wildman–Crippen LogP) is 6.28. The Balaban J connectivity index is 0.000000167. The number of halogens is 7. The van der Waals surface area contributed by atoms with Gasteiger partial charge in [-0.2, -0.15) is 9.97 Å². The van der Waals surface area contributed by atoms with Gasteiger partial charge in [0.25, 0.3) is 0 Å². The van der Waals surface area contributed by atoms with Crippen molar-refractivity contribution in [1.82, 2.24) is 19.9 Å². The Kier molecular flexibility index (Phi) is 14.0. The van der Waals surface area contributed by atoms with Gasteiger partial charge in [0.1, 0.15) is 28.3 Å². The molecule has 24 heteroatoms. The summed E-state index contributed by atoms with van der Waals surface area (Å²) in [6.07, 6.45) is -9.48. The topological polar surface area (TPSA) is 223 Å². The van der Waals surface area contributed by atoms with E-state index in [1.54, 1.807) is 12.1 Å². The summed E-state index contributed by atoms with van der Waals surface area (Å²) in [5.41, 5.74) is 14.4. The van der Waals surface area contributed by atoms with Crippen molar-refractivity contribution in [2.75, 3.05) is 35.7 Å². The van der Waals surface area contributed by atoms with E-state index in [0.29, 0.717) is 52.6 Å². The van der Waals surface area contributed by atoms with E-state index in [4.69, 9.17) is 52.1 Å². The molecule has 324 valence electrons. The summed E-state index contributed by atoms with van der Waals surface area (Å²) in [7, 11) is -1.70. The molecule has 16 nitrogen and oxygen atoms in total. The van der Waals surface area contributed by atoms with Gasteiger partial charge in [-0.25, -0.2) is 9.97 Å². The molecule has 0 saturated carbocycles. The van der Waals surface area contributed by atoms with Gasteiger partial charge in [0.2, 0.25) is 25.5 Å². The quantitative estimate of drug-likeness (QED) is 0.0506. The first-order valence-electron chi connectivity index (χ1n) is 17.7. The van der Waals surface area contributed by atoms with Crippen molar-refractivity contribution in [3.63, 3.8) is 0 Å². The number of fused-ring (bicyclic) bond motifs is 2. The highest BCUT2D eigenvalue weighted by molar-refractivity contribution is 6.58. The first-order valence-corrected chi connectivity index (χ1v) is 18.1. The summed E-state index contributed by atoms with van der Waals surface area (Å²) in [6, 6.07) is 24.2. The van der Waals surface area contributed by atoms with E-state index in [1.165, 1.54) is 24.3 Å². The first kappa shape index (κ1) is 44.4. The molecular weight excluding hydrogens is 857 g/mol. The average molecular weight is 889 g/mol. The molecule has 4 heterocycles. The molecule has 2 aliphatic rings. The minimum Gasteiger partial charge on any atom is -0.454 e. The number of nitrogens with two attached hydrogens (primary N) is 2. The van der Waals surface area contributed by atoms with E-state index in [0.717, 1.165) is 46.9 Å². The molecule has 8 N–H and O–H groups in total. The van der Waals surface area contributed by atoms with Gasteiger partial charge in [-0.1, -0.05) is 35.9 Å². The molecule has 2 aromatic heterocycles. The van der Waals surface area contributed by atoms with Crippen LogP contribution in [0.3, 0.4) is 0 Å². The fraction of sp³-hybridized carbons (Fsp3) is 0.158. The summed E-state index contributed by atoms with van der Waals surface area (Å²) in [5.74, 6) is 3.39. The number of nitrogens with zero attached hydrogens (tertiary/aromatic N) is 4. The third-order valence-electron chi connectivity index (χ3n) is 8.07. The van der Waals surface area contributed by atoms with Gasteiger partial charge in [0.05, 0.1) is 5.69 Å². The lowest BCUT2D eigenvalue weighted by atomic mass is 9.80. The van der Waals surface area contributed by atoms with E-state index < -0.39 is 25.6 Å². The largest absolute Gasteiger partial charge is 0.573 e. The molecule has 0 unspecified atom stereocenters. The molecule has 0 atom stereocenters. The number of nitrogens with one attached hydrogen (secondary N) is 2. The molecule has 0 bridgehead atoms. The van der Waals surface area contributed by atoms with Crippen LogP contribution in [0, 0.1) is 0 Å². The second kappa shape index (κ2) is 19.5. The van der Waals surface area contributed by atoms with Gasteiger partial charge in [-0.05, 0) is 77.3 Å². The van der Waals surface area contributed by atoms with Crippen molar-refractivity contribution in [2.45, 2.75) is 25.8 Å². The average Bonchev–Trinajstić information content (AvgIpc) is 3.88. The molecule has 62 heavy (non-hydrogen) atoms. The minimum absolute atomic E-state index is 0.0336. The lowest BCUT2D eigenvalue weighted by Gasteiger charge is -2.11. The van der Waals surface area contributed by atoms with Crippen molar-refractivity contribution >= 4 is 47.7 Å². The molecule has 6 aromatic rings. The molecule has 0 aliphatic carbocycles. The van der Waals surface area contributed by atoms with Crippen LogP contribution >= 0.6 is 11.6 Å².